The smallest absolute Gasteiger partial charge is 0.124 e. The van der Waals surface area contributed by atoms with Gasteiger partial charge >= 0.3 is 0 Å². The number of benzene rings is 1. The van der Waals surface area contributed by atoms with E-state index in [2.05, 4.69) is 22.9 Å². The number of aliphatic hydroxyl groups excluding tert-OH is 1. The van der Waals surface area contributed by atoms with Gasteiger partial charge in [0, 0.05) is 4.47 Å². The molecular weight excluding hydrogens is 273 g/mol. The van der Waals surface area contributed by atoms with Crippen molar-refractivity contribution in [2.45, 2.75) is 38.3 Å². The second kappa shape index (κ2) is 6.33. The molecule has 0 fully saturated rings. The maximum Gasteiger partial charge on any atom is 0.124 e. The van der Waals surface area contributed by atoms with Gasteiger partial charge in [0.15, 0.2) is 0 Å². The molecule has 2 atom stereocenters. The lowest BCUT2D eigenvalue weighted by Gasteiger charge is -2.19. The van der Waals surface area contributed by atoms with Crippen LogP contribution in [0.2, 0.25) is 0 Å². The summed E-state index contributed by atoms with van der Waals surface area (Å²) < 4.78 is 13.8. The molecule has 4 heteroatoms. The summed E-state index contributed by atoms with van der Waals surface area (Å²) in [5.41, 5.74) is 6.50. The predicted molar refractivity (Wildman–Crippen MR) is 66.6 cm³/mol. The largest absolute Gasteiger partial charge is 0.391 e. The third-order valence-corrected chi connectivity index (χ3v) is 3.00. The Hall–Kier alpha value is -0.450. The van der Waals surface area contributed by atoms with Crippen LogP contribution >= 0.6 is 15.9 Å². The summed E-state index contributed by atoms with van der Waals surface area (Å²) in [5, 5.41) is 9.82. The van der Waals surface area contributed by atoms with Crippen LogP contribution in [0.15, 0.2) is 22.7 Å². The molecule has 0 aliphatic heterocycles. The first kappa shape index (κ1) is 13.6. The van der Waals surface area contributed by atoms with E-state index in [4.69, 9.17) is 5.73 Å². The lowest BCUT2D eigenvalue weighted by molar-refractivity contribution is 0.132. The van der Waals surface area contributed by atoms with Gasteiger partial charge in [0.25, 0.3) is 0 Å². The average molecular weight is 290 g/mol. The first-order chi connectivity index (χ1) is 7.54. The monoisotopic (exact) mass is 289 g/mol. The molecule has 0 saturated heterocycles. The van der Waals surface area contributed by atoms with Gasteiger partial charge in [-0.2, -0.15) is 0 Å². The van der Waals surface area contributed by atoms with Crippen LogP contribution in [0.3, 0.4) is 0 Å². The van der Waals surface area contributed by atoms with E-state index in [1.54, 1.807) is 6.07 Å². The number of halogens is 2. The highest BCUT2D eigenvalue weighted by Crippen LogP contribution is 2.23. The van der Waals surface area contributed by atoms with Gasteiger partial charge in [0.05, 0.1) is 12.1 Å². The van der Waals surface area contributed by atoms with Gasteiger partial charge in [-0.25, -0.2) is 4.39 Å². The molecule has 0 bridgehead atoms. The maximum atomic E-state index is 13.1. The van der Waals surface area contributed by atoms with E-state index in [0.29, 0.717) is 16.5 Å². The SMILES string of the molecule is CCCC[C@@H](O)[C@@H](N)c1cc(F)cc(Br)c1. The molecule has 0 spiro atoms. The molecular formula is C12H17BrFNO. The second-order valence-electron chi connectivity index (χ2n) is 3.94. The van der Waals surface area contributed by atoms with Gasteiger partial charge in [-0.1, -0.05) is 35.7 Å². The van der Waals surface area contributed by atoms with Crippen LogP contribution in [0.25, 0.3) is 0 Å². The van der Waals surface area contributed by atoms with E-state index >= 15 is 0 Å². The van der Waals surface area contributed by atoms with E-state index in [1.807, 2.05) is 0 Å². The number of unbranched alkanes of at least 4 members (excludes halogenated alkanes) is 1. The number of hydrogen-bond donors (Lipinski definition) is 2. The normalized spacial score (nSPS) is 14.8. The maximum absolute atomic E-state index is 13.1. The van der Waals surface area contributed by atoms with Crippen LogP contribution in [0.5, 0.6) is 0 Å². The molecule has 0 aliphatic carbocycles. The van der Waals surface area contributed by atoms with Crippen molar-refractivity contribution in [2.24, 2.45) is 5.73 Å². The highest BCUT2D eigenvalue weighted by atomic mass is 79.9. The summed E-state index contributed by atoms with van der Waals surface area (Å²) >= 11 is 3.21. The minimum atomic E-state index is -0.617. The fourth-order valence-corrected chi connectivity index (χ4v) is 2.07. The Kier molecular flexibility index (Phi) is 5.38. The van der Waals surface area contributed by atoms with Crippen molar-refractivity contribution in [1.82, 2.24) is 0 Å². The number of rotatable bonds is 5. The minimum absolute atomic E-state index is 0.345. The zero-order valence-corrected chi connectivity index (χ0v) is 10.9. The first-order valence-electron chi connectivity index (χ1n) is 5.44. The molecule has 2 nitrogen and oxygen atoms in total. The molecule has 0 unspecified atom stereocenters. The van der Waals surface area contributed by atoms with Gasteiger partial charge < -0.3 is 10.8 Å². The first-order valence-corrected chi connectivity index (χ1v) is 6.23. The van der Waals surface area contributed by atoms with E-state index in [0.717, 1.165) is 12.8 Å². The Labute approximate surface area is 104 Å². The fraction of sp³-hybridized carbons (Fsp3) is 0.500. The molecule has 90 valence electrons. The summed E-state index contributed by atoms with van der Waals surface area (Å²) in [4.78, 5) is 0. The molecule has 0 aromatic heterocycles. The molecule has 3 N–H and O–H groups in total. The molecule has 0 aliphatic rings. The zero-order valence-electron chi connectivity index (χ0n) is 9.29. The summed E-state index contributed by atoms with van der Waals surface area (Å²) in [5.74, 6) is -0.345. The van der Waals surface area contributed by atoms with Crippen LogP contribution in [-0.2, 0) is 0 Å². The van der Waals surface area contributed by atoms with Crippen molar-refractivity contribution >= 4 is 15.9 Å². The van der Waals surface area contributed by atoms with Crippen LogP contribution in [0.4, 0.5) is 4.39 Å². The van der Waals surface area contributed by atoms with Crippen LogP contribution in [0, 0.1) is 5.82 Å². The molecule has 0 radical (unpaired) electrons. The fourth-order valence-electron chi connectivity index (χ4n) is 1.58. The number of aliphatic hydroxyl groups is 1. The molecule has 1 aromatic carbocycles. The van der Waals surface area contributed by atoms with Gasteiger partial charge in [-0.15, -0.1) is 0 Å². The van der Waals surface area contributed by atoms with Crippen molar-refractivity contribution in [1.29, 1.82) is 0 Å². The van der Waals surface area contributed by atoms with Crippen LogP contribution in [0.1, 0.15) is 37.8 Å². The summed E-state index contributed by atoms with van der Waals surface area (Å²) in [6.07, 6.45) is 1.96. The van der Waals surface area contributed by atoms with Crippen molar-refractivity contribution in [3.63, 3.8) is 0 Å². The van der Waals surface area contributed by atoms with Gasteiger partial charge in [0.1, 0.15) is 5.82 Å². The van der Waals surface area contributed by atoms with Crippen molar-refractivity contribution in [3.05, 3.63) is 34.1 Å². The standard InChI is InChI=1S/C12H17BrFNO/c1-2-3-4-11(16)12(15)8-5-9(13)7-10(14)6-8/h5-7,11-12,16H,2-4,15H2,1H3/t11-,12+/m1/s1. The van der Waals surface area contributed by atoms with Crippen molar-refractivity contribution in [3.8, 4) is 0 Å². The van der Waals surface area contributed by atoms with Crippen molar-refractivity contribution < 1.29 is 9.50 Å². The van der Waals surface area contributed by atoms with Crippen LogP contribution < -0.4 is 5.73 Å². The van der Waals surface area contributed by atoms with E-state index in [1.165, 1.54) is 12.1 Å². The second-order valence-corrected chi connectivity index (χ2v) is 4.85. The molecule has 0 heterocycles. The Balaban J connectivity index is 2.74. The van der Waals surface area contributed by atoms with E-state index in [9.17, 15) is 9.50 Å². The summed E-state index contributed by atoms with van der Waals surface area (Å²) in [7, 11) is 0. The predicted octanol–water partition coefficient (Wildman–Crippen LogP) is 3.14. The Morgan fingerprint density at radius 3 is 2.69 bits per heavy atom. The lowest BCUT2D eigenvalue weighted by atomic mass is 9.98. The molecule has 0 amide bonds. The lowest BCUT2D eigenvalue weighted by Crippen LogP contribution is -2.26. The summed E-state index contributed by atoms with van der Waals surface area (Å²) in [6, 6.07) is 3.95. The van der Waals surface area contributed by atoms with Gasteiger partial charge in [-0.05, 0) is 30.2 Å². The highest BCUT2D eigenvalue weighted by molar-refractivity contribution is 9.10. The van der Waals surface area contributed by atoms with E-state index in [-0.39, 0.29) is 5.82 Å². The molecule has 1 rings (SSSR count). The summed E-state index contributed by atoms with van der Waals surface area (Å²) in [6.45, 7) is 2.05. The Morgan fingerprint density at radius 2 is 2.12 bits per heavy atom. The molecule has 1 aromatic rings. The number of nitrogens with two attached hydrogens (primary N) is 1. The van der Waals surface area contributed by atoms with Crippen LogP contribution in [-0.4, -0.2) is 11.2 Å². The average Bonchev–Trinajstić information content (AvgIpc) is 2.23. The van der Waals surface area contributed by atoms with Gasteiger partial charge in [0.2, 0.25) is 0 Å². The molecule has 16 heavy (non-hydrogen) atoms. The van der Waals surface area contributed by atoms with Gasteiger partial charge in [-0.3, -0.25) is 0 Å². The number of hydrogen-bond acceptors (Lipinski definition) is 2. The highest BCUT2D eigenvalue weighted by Gasteiger charge is 2.17. The van der Waals surface area contributed by atoms with Crippen molar-refractivity contribution in [2.75, 3.05) is 0 Å². The third-order valence-electron chi connectivity index (χ3n) is 2.54. The quantitative estimate of drug-likeness (QED) is 0.875. The van der Waals surface area contributed by atoms with E-state index < -0.39 is 12.1 Å². The zero-order chi connectivity index (χ0) is 12.1. The topological polar surface area (TPSA) is 46.2 Å². The Bertz CT molecular complexity index is 326. The Morgan fingerprint density at radius 1 is 1.44 bits per heavy atom. The minimum Gasteiger partial charge on any atom is -0.391 e. The molecule has 0 saturated carbocycles. The third kappa shape index (κ3) is 3.85.